The second-order valence-corrected chi connectivity index (χ2v) is 6.21. The summed E-state index contributed by atoms with van der Waals surface area (Å²) in [5, 5.41) is 8.89. The maximum atomic E-state index is 13.2. The van der Waals surface area contributed by atoms with E-state index in [0.717, 1.165) is 6.07 Å². The summed E-state index contributed by atoms with van der Waals surface area (Å²) >= 11 is 5.66. The van der Waals surface area contributed by atoms with Gasteiger partial charge in [0.05, 0.1) is 17.5 Å². The van der Waals surface area contributed by atoms with Gasteiger partial charge in [-0.2, -0.15) is 0 Å². The quantitative estimate of drug-likeness (QED) is 0.893. The van der Waals surface area contributed by atoms with Crippen LogP contribution in [0.25, 0.3) is 0 Å². The Kier molecular flexibility index (Phi) is 5.77. The van der Waals surface area contributed by atoms with E-state index in [0.29, 0.717) is 19.4 Å². The van der Waals surface area contributed by atoms with E-state index < -0.39 is 23.6 Å². The minimum atomic E-state index is -0.919. The average Bonchev–Trinajstić information content (AvgIpc) is 2.56. The van der Waals surface area contributed by atoms with E-state index in [1.54, 1.807) is 0 Å². The zero-order valence-corrected chi connectivity index (χ0v) is 13.9. The number of nitrogens with zero attached hydrogens (tertiary/aromatic N) is 2. The fourth-order valence-electron chi connectivity index (χ4n) is 2.63. The van der Waals surface area contributed by atoms with Crippen molar-refractivity contribution in [1.29, 1.82) is 0 Å². The van der Waals surface area contributed by atoms with Crippen LogP contribution in [-0.2, 0) is 9.59 Å². The number of benzene rings is 1. The van der Waals surface area contributed by atoms with Crippen LogP contribution in [0.15, 0.2) is 18.2 Å². The van der Waals surface area contributed by atoms with E-state index >= 15 is 0 Å². The standard InChI is InChI=1S/C16H18ClFN2O4/c1-19(15(22)10-4-5-13(18)12(17)7-10)9-14(21)20-6-2-3-11(8-20)16(23)24/h4-5,7,11H,2-3,6,8-9H2,1H3,(H,23,24). The van der Waals surface area contributed by atoms with Crippen LogP contribution in [0.5, 0.6) is 0 Å². The molecule has 1 fully saturated rings. The van der Waals surface area contributed by atoms with Crippen molar-refractivity contribution >= 4 is 29.4 Å². The monoisotopic (exact) mass is 356 g/mol. The first-order valence-corrected chi connectivity index (χ1v) is 7.88. The molecule has 0 spiro atoms. The summed E-state index contributed by atoms with van der Waals surface area (Å²) in [6.07, 6.45) is 1.16. The topological polar surface area (TPSA) is 77.9 Å². The highest BCUT2D eigenvalue weighted by atomic mass is 35.5. The number of piperidine rings is 1. The number of carboxylic acids is 1. The van der Waals surface area contributed by atoms with Crippen LogP contribution in [-0.4, -0.2) is 59.4 Å². The van der Waals surface area contributed by atoms with Gasteiger partial charge < -0.3 is 14.9 Å². The van der Waals surface area contributed by atoms with Gasteiger partial charge in [-0.05, 0) is 31.0 Å². The largest absolute Gasteiger partial charge is 0.481 e. The van der Waals surface area contributed by atoms with Crippen LogP contribution in [0.2, 0.25) is 5.02 Å². The van der Waals surface area contributed by atoms with E-state index in [2.05, 4.69) is 0 Å². The molecule has 130 valence electrons. The lowest BCUT2D eigenvalue weighted by Crippen LogP contribution is -2.46. The minimum absolute atomic E-state index is 0.151. The lowest BCUT2D eigenvalue weighted by atomic mass is 9.98. The number of carbonyl (C=O) groups is 3. The molecule has 2 amide bonds. The summed E-state index contributed by atoms with van der Waals surface area (Å²) in [6, 6.07) is 3.60. The van der Waals surface area contributed by atoms with Gasteiger partial charge in [-0.3, -0.25) is 14.4 Å². The van der Waals surface area contributed by atoms with Gasteiger partial charge in [0.1, 0.15) is 5.82 Å². The second kappa shape index (κ2) is 7.61. The zero-order valence-electron chi connectivity index (χ0n) is 13.2. The summed E-state index contributed by atoms with van der Waals surface area (Å²) in [4.78, 5) is 38.3. The van der Waals surface area contributed by atoms with Crippen molar-refractivity contribution in [1.82, 2.24) is 9.80 Å². The lowest BCUT2D eigenvalue weighted by molar-refractivity contribution is -0.145. The van der Waals surface area contributed by atoms with Crippen LogP contribution in [0.4, 0.5) is 4.39 Å². The molecule has 6 nitrogen and oxygen atoms in total. The van der Waals surface area contributed by atoms with Crippen molar-refractivity contribution in [3.63, 3.8) is 0 Å². The summed E-state index contributed by atoms with van der Waals surface area (Å²) in [5.74, 6) is -2.89. The predicted molar refractivity (Wildman–Crippen MR) is 85.3 cm³/mol. The Labute approximate surface area is 143 Å². The number of carboxylic acid groups (broad SMARTS) is 1. The van der Waals surface area contributed by atoms with Gasteiger partial charge >= 0.3 is 5.97 Å². The van der Waals surface area contributed by atoms with Crippen LogP contribution in [0.3, 0.4) is 0 Å². The minimum Gasteiger partial charge on any atom is -0.481 e. The zero-order chi connectivity index (χ0) is 17.9. The Bertz CT molecular complexity index is 667. The molecule has 1 N–H and O–H groups in total. The van der Waals surface area contributed by atoms with Gasteiger partial charge in [0.25, 0.3) is 5.91 Å². The normalized spacial score (nSPS) is 17.5. The molecule has 0 bridgehead atoms. The lowest BCUT2D eigenvalue weighted by Gasteiger charge is -2.32. The molecule has 1 aliphatic heterocycles. The molecule has 1 aliphatic rings. The number of hydrogen-bond donors (Lipinski definition) is 1. The molecule has 1 atom stereocenters. The number of halogens is 2. The second-order valence-electron chi connectivity index (χ2n) is 5.81. The van der Waals surface area contributed by atoms with E-state index in [-0.39, 0.29) is 29.6 Å². The van der Waals surface area contributed by atoms with Gasteiger partial charge in [-0.1, -0.05) is 11.6 Å². The van der Waals surface area contributed by atoms with E-state index in [9.17, 15) is 18.8 Å². The van der Waals surface area contributed by atoms with Crippen molar-refractivity contribution < 1.29 is 23.9 Å². The maximum absolute atomic E-state index is 13.2. The van der Waals surface area contributed by atoms with Crippen LogP contribution in [0, 0.1) is 11.7 Å². The van der Waals surface area contributed by atoms with Gasteiger partial charge in [-0.15, -0.1) is 0 Å². The van der Waals surface area contributed by atoms with Gasteiger partial charge in [-0.25, -0.2) is 4.39 Å². The fourth-order valence-corrected chi connectivity index (χ4v) is 2.81. The van der Waals surface area contributed by atoms with E-state index in [1.165, 1.54) is 29.0 Å². The Morgan fingerprint density at radius 3 is 2.75 bits per heavy atom. The highest BCUT2D eigenvalue weighted by Crippen LogP contribution is 2.18. The third kappa shape index (κ3) is 4.23. The van der Waals surface area contributed by atoms with E-state index in [1.807, 2.05) is 0 Å². The number of carbonyl (C=O) groups excluding carboxylic acids is 2. The Morgan fingerprint density at radius 2 is 2.12 bits per heavy atom. The number of rotatable bonds is 4. The van der Waals surface area contributed by atoms with Crippen molar-refractivity contribution in [3.8, 4) is 0 Å². The SMILES string of the molecule is CN(CC(=O)N1CCCC(C(=O)O)C1)C(=O)c1ccc(F)c(Cl)c1. The molecule has 8 heteroatoms. The number of amides is 2. The molecular formula is C16H18ClFN2O4. The fraction of sp³-hybridized carbons (Fsp3) is 0.438. The van der Waals surface area contributed by atoms with Crippen molar-refractivity contribution in [3.05, 3.63) is 34.6 Å². The number of aliphatic carboxylic acids is 1. The van der Waals surface area contributed by atoms with E-state index in [4.69, 9.17) is 16.7 Å². The number of hydrogen-bond acceptors (Lipinski definition) is 3. The summed E-state index contributed by atoms with van der Waals surface area (Å²) in [7, 11) is 1.45. The summed E-state index contributed by atoms with van der Waals surface area (Å²) in [5.41, 5.74) is 0.179. The van der Waals surface area contributed by atoms with Crippen LogP contribution < -0.4 is 0 Å². The molecule has 24 heavy (non-hydrogen) atoms. The van der Waals surface area contributed by atoms with Crippen LogP contribution in [0.1, 0.15) is 23.2 Å². The molecular weight excluding hydrogens is 339 g/mol. The third-order valence-corrected chi connectivity index (χ3v) is 4.30. The van der Waals surface area contributed by atoms with Crippen molar-refractivity contribution in [2.45, 2.75) is 12.8 Å². The number of likely N-dealkylation sites (N-methyl/N-ethyl adjacent to an activating group) is 1. The van der Waals surface area contributed by atoms with Gasteiger partial charge in [0.15, 0.2) is 0 Å². The highest BCUT2D eigenvalue weighted by molar-refractivity contribution is 6.31. The predicted octanol–water partition coefficient (Wildman–Crippen LogP) is 1.87. The Hall–Kier alpha value is -2.15. The average molecular weight is 357 g/mol. The Morgan fingerprint density at radius 1 is 1.42 bits per heavy atom. The molecule has 1 unspecified atom stereocenters. The third-order valence-electron chi connectivity index (χ3n) is 4.01. The van der Waals surface area contributed by atoms with Gasteiger partial charge in [0, 0.05) is 25.7 Å². The highest BCUT2D eigenvalue weighted by Gasteiger charge is 2.29. The molecule has 2 rings (SSSR count). The molecule has 1 aromatic rings. The molecule has 1 aromatic carbocycles. The van der Waals surface area contributed by atoms with Crippen molar-refractivity contribution in [2.75, 3.05) is 26.7 Å². The first kappa shape index (κ1) is 18.2. The molecule has 1 saturated heterocycles. The van der Waals surface area contributed by atoms with Crippen LogP contribution >= 0.6 is 11.6 Å². The smallest absolute Gasteiger partial charge is 0.308 e. The van der Waals surface area contributed by atoms with Gasteiger partial charge in [0.2, 0.25) is 5.91 Å². The molecule has 0 aliphatic carbocycles. The maximum Gasteiger partial charge on any atom is 0.308 e. The first-order valence-electron chi connectivity index (χ1n) is 7.50. The molecule has 0 saturated carbocycles. The Balaban J connectivity index is 1.98. The summed E-state index contributed by atoms with van der Waals surface area (Å²) in [6.45, 7) is 0.450. The first-order chi connectivity index (χ1) is 11.3. The molecule has 0 aromatic heterocycles. The molecule has 1 heterocycles. The number of likely N-dealkylation sites (tertiary alicyclic amines) is 1. The summed E-state index contributed by atoms with van der Waals surface area (Å²) < 4.78 is 13.2. The molecule has 0 radical (unpaired) electrons. The van der Waals surface area contributed by atoms with Crippen molar-refractivity contribution in [2.24, 2.45) is 5.92 Å².